The molecular formula is C36H39Cl2N7O5. The Labute approximate surface area is 300 Å². The van der Waals surface area contributed by atoms with Crippen molar-refractivity contribution < 1.29 is 24.2 Å². The molecule has 1 aliphatic carbocycles. The van der Waals surface area contributed by atoms with E-state index in [1.165, 1.54) is 0 Å². The van der Waals surface area contributed by atoms with E-state index < -0.39 is 5.91 Å². The Hall–Kier alpha value is -4.33. The number of nitrogens with one attached hydrogen (secondary N) is 4. The predicted molar refractivity (Wildman–Crippen MR) is 192 cm³/mol. The molecule has 4 aromatic rings. The van der Waals surface area contributed by atoms with Crippen molar-refractivity contribution in [2.75, 3.05) is 39.2 Å². The first-order valence-electron chi connectivity index (χ1n) is 16.4. The van der Waals surface area contributed by atoms with Crippen molar-refractivity contribution >= 4 is 40.7 Å². The van der Waals surface area contributed by atoms with Crippen LogP contribution in [-0.2, 0) is 17.9 Å². The second-order valence-electron chi connectivity index (χ2n) is 12.6. The summed E-state index contributed by atoms with van der Waals surface area (Å²) in [4.78, 5) is 38.4. The summed E-state index contributed by atoms with van der Waals surface area (Å²) in [6.07, 6.45) is 6.61. The van der Waals surface area contributed by atoms with Crippen molar-refractivity contribution in [3.63, 3.8) is 0 Å². The normalized spacial score (nSPS) is 16.2. The van der Waals surface area contributed by atoms with Crippen LogP contribution in [0.5, 0.6) is 11.6 Å². The number of pyridine rings is 3. The van der Waals surface area contributed by atoms with Gasteiger partial charge in [0.15, 0.2) is 0 Å². The standard InChI is InChI=1S/C36H39Cl2N7O5/c1-49-29-14-28(42-17-22(29)16-40-19-36(20-46)11-12-36)34(48)44-27-5-3-4-25(31(27)37)33-32(38)24(10-13-41-33)26-8-6-21(35(45-26)50-2)15-39-18-23-7-9-30(47)43-23/h3-6,8,10,13-14,17,23,39-40,46H,7,9,11-12,15-16,18-20H2,1-2H3,(H,43,47)(H,44,48)/t23-/m0/s1. The number of aliphatic hydroxyl groups is 1. The maximum Gasteiger partial charge on any atom is 0.274 e. The molecule has 14 heteroatoms. The lowest BCUT2D eigenvalue weighted by Crippen LogP contribution is -2.35. The van der Waals surface area contributed by atoms with Gasteiger partial charge in [-0.05, 0) is 37.5 Å². The van der Waals surface area contributed by atoms with Crippen LogP contribution in [0.3, 0.4) is 0 Å². The van der Waals surface area contributed by atoms with E-state index in [0.29, 0.717) is 77.5 Å². The molecule has 6 rings (SSSR count). The summed E-state index contributed by atoms with van der Waals surface area (Å²) in [6.45, 7) is 2.52. The molecule has 0 bridgehead atoms. The Morgan fingerprint density at radius 1 is 1.02 bits per heavy atom. The second kappa shape index (κ2) is 15.7. The number of aliphatic hydroxyl groups excluding tert-OH is 1. The lowest BCUT2D eigenvalue weighted by atomic mass is 10.1. The van der Waals surface area contributed by atoms with E-state index in [1.807, 2.05) is 12.1 Å². The van der Waals surface area contributed by atoms with Gasteiger partial charge in [0.1, 0.15) is 11.4 Å². The minimum absolute atomic E-state index is 0.0268. The molecule has 1 saturated carbocycles. The summed E-state index contributed by atoms with van der Waals surface area (Å²) in [5.74, 6) is 0.585. The molecule has 2 fully saturated rings. The Bertz CT molecular complexity index is 1890. The number of halogens is 2. The summed E-state index contributed by atoms with van der Waals surface area (Å²) in [6, 6.07) is 12.5. The molecule has 50 heavy (non-hydrogen) atoms. The van der Waals surface area contributed by atoms with Gasteiger partial charge >= 0.3 is 0 Å². The minimum Gasteiger partial charge on any atom is -0.496 e. The van der Waals surface area contributed by atoms with Crippen LogP contribution in [0.1, 0.15) is 47.3 Å². The number of benzene rings is 1. The zero-order valence-corrected chi connectivity index (χ0v) is 29.3. The smallest absolute Gasteiger partial charge is 0.274 e. The van der Waals surface area contributed by atoms with E-state index in [9.17, 15) is 14.7 Å². The number of amides is 2. The van der Waals surface area contributed by atoms with Gasteiger partial charge in [0.25, 0.3) is 5.91 Å². The molecule has 0 spiro atoms. The second-order valence-corrected chi connectivity index (χ2v) is 13.3. The third-order valence-electron chi connectivity index (χ3n) is 9.10. The molecule has 3 aromatic heterocycles. The topological polar surface area (TPSA) is 160 Å². The monoisotopic (exact) mass is 719 g/mol. The SMILES string of the molecule is COc1cc(C(=O)Nc2cccc(-c3nccc(-c4ccc(CNC[C@@H]5CCC(=O)N5)c(OC)n4)c3Cl)c2Cl)ncc1CNCC1(CO)CC1. The first kappa shape index (κ1) is 35.5. The van der Waals surface area contributed by atoms with Crippen LogP contribution < -0.4 is 30.7 Å². The summed E-state index contributed by atoms with van der Waals surface area (Å²) < 4.78 is 11.1. The molecule has 0 unspecified atom stereocenters. The summed E-state index contributed by atoms with van der Waals surface area (Å²) in [5, 5.41) is 22.7. The van der Waals surface area contributed by atoms with Crippen molar-refractivity contribution in [3.8, 4) is 34.1 Å². The number of hydrogen-bond donors (Lipinski definition) is 5. The number of carbonyl (C=O) groups is 2. The fourth-order valence-corrected chi connectivity index (χ4v) is 6.48. The van der Waals surface area contributed by atoms with E-state index in [-0.39, 0.29) is 34.7 Å². The minimum atomic E-state index is -0.467. The van der Waals surface area contributed by atoms with Crippen LogP contribution >= 0.6 is 23.2 Å². The molecule has 2 aliphatic rings. The number of anilines is 1. The van der Waals surface area contributed by atoms with Crippen molar-refractivity contribution in [3.05, 3.63) is 81.7 Å². The fraction of sp³-hybridized carbons (Fsp3) is 0.361. The van der Waals surface area contributed by atoms with Crippen molar-refractivity contribution in [2.24, 2.45) is 5.41 Å². The van der Waals surface area contributed by atoms with Crippen LogP contribution in [-0.4, -0.2) is 71.8 Å². The van der Waals surface area contributed by atoms with E-state index >= 15 is 0 Å². The van der Waals surface area contributed by atoms with Gasteiger partial charge in [-0.15, -0.1) is 0 Å². The highest BCUT2D eigenvalue weighted by Gasteiger charge is 2.41. The average Bonchev–Trinajstić information content (AvgIpc) is 3.80. The van der Waals surface area contributed by atoms with Gasteiger partial charge in [-0.2, -0.15) is 0 Å². The van der Waals surface area contributed by atoms with Crippen LogP contribution in [0, 0.1) is 5.41 Å². The largest absolute Gasteiger partial charge is 0.496 e. The molecule has 1 aromatic carbocycles. The van der Waals surface area contributed by atoms with Gasteiger partial charge < -0.3 is 35.8 Å². The van der Waals surface area contributed by atoms with Gasteiger partial charge in [-0.1, -0.05) is 41.4 Å². The number of carbonyl (C=O) groups excluding carboxylic acids is 2. The van der Waals surface area contributed by atoms with Gasteiger partial charge in [0.05, 0.1) is 41.3 Å². The number of aromatic nitrogens is 3. The number of methoxy groups -OCH3 is 2. The molecule has 4 heterocycles. The van der Waals surface area contributed by atoms with Gasteiger partial charge in [0, 0.05) is 91.4 Å². The Balaban J connectivity index is 1.16. The van der Waals surface area contributed by atoms with Gasteiger partial charge in [-0.3, -0.25) is 19.6 Å². The number of ether oxygens (including phenoxy) is 2. The molecule has 1 atom stereocenters. The summed E-state index contributed by atoms with van der Waals surface area (Å²) >= 11 is 13.8. The Kier molecular flexibility index (Phi) is 11.1. The first-order chi connectivity index (χ1) is 24.2. The van der Waals surface area contributed by atoms with Crippen LogP contribution in [0.2, 0.25) is 10.0 Å². The van der Waals surface area contributed by atoms with Crippen LogP contribution in [0.4, 0.5) is 5.69 Å². The first-order valence-corrected chi connectivity index (χ1v) is 17.1. The molecule has 2 amide bonds. The molecule has 12 nitrogen and oxygen atoms in total. The molecular weight excluding hydrogens is 681 g/mol. The Morgan fingerprint density at radius 3 is 2.56 bits per heavy atom. The maximum atomic E-state index is 13.3. The fourth-order valence-electron chi connectivity index (χ4n) is 5.91. The van der Waals surface area contributed by atoms with E-state index in [2.05, 4.69) is 31.2 Å². The highest BCUT2D eigenvalue weighted by molar-refractivity contribution is 6.39. The third-order valence-corrected chi connectivity index (χ3v) is 9.88. The molecule has 1 aliphatic heterocycles. The number of rotatable bonds is 15. The lowest BCUT2D eigenvalue weighted by molar-refractivity contribution is -0.119. The van der Waals surface area contributed by atoms with Crippen molar-refractivity contribution in [1.29, 1.82) is 0 Å². The quantitative estimate of drug-likeness (QED) is 0.113. The highest BCUT2D eigenvalue weighted by atomic mass is 35.5. The van der Waals surface area contributed by atoms with Crippen LogP contribution in [0.15, 0.2) is 54.9 Å². The summed E-state index contributed by atoms with van der Waals surface area (Å²) in [5.41, 5.74) is 4.30. The van der Waals surface area contributed by atoms with Crippen molar-refractivity contribution in [2.45, 2.75) is 44.8 Å². The van der Waals surface area contributed by atoms with Crippen molar-refractivity contribution in [1.82, 2.24) is 30.9 Å². The zero-order valence-electron chi connectivity index (χ0n) is 27.8. The molecule has 0 radical (unpaired) electrons. The van der Waals surface area contributed by atoms with E-state index in [0.717, 1.165) is 30.4 Å². The van der Waals surface area contributed by atoms with E-state index in [4.69, 9.17) is 37.7 Å². The predicted octanol–water partition coefficient (Wildman–Crippen LogP) is 5.01. The molecule has 5 N–H and O–H groups in total. The average molecular weight is 721 g/mol. The molecule has 1 saturated heterocycles. The van der Waals surface area contributed by atoms with E-state index in [1.54, 1.807) is 56.9 Å². The summed E-state index contributed by atoms with van der Waals surface area (Å²) in [7, 11) is 3.10. The van der Waals surface area contributed by atoms with Gasteiger partial charge in [-0.25, -0.2) is 4.98 Å². The highest BCUT2D eigenvalue weighted by Crippen LogP contribution is 2.44. The maximum absolute atomic E-state index is 13.3. The molecule has 262 valence electrons. The Morgan fingerprint density at radius 2 is 1.84 bits per heavy atom. The number of nitrogens with zero attached hydrogens (tertiary/aromatic N) is 3. The third kappa shape index (κ3) is 8.00. The van der Waals surface area contributed by atoms with Crippen LogP contribution in [0.25, 0.3) is 22.5 Å². The number of hydrogen-bond acceptors (Lipinski definition) is 10. The van der Waals surface area contributed by atoms with Gasteiger partial charge in [0.2, 0.25) is 11.8 Å². The zero-order chi connectivity index (χ0) is 35.3. The lowest BCUT2D eigenvalue weighted by Gasteiger charge is -2.16.